The molecule has 0 aromatic heterocycles. The number of likely N-dealkylation sites (N-methyl/N-ethyl adjacent to an activating group) is 1. The van der Waals surface area contributed by atoms with Gasteiger partial charge in [-0.05, 0) is 26.7 Å². The molecule has 0 spiro atoms. The molecule has 3 nitrogen and oxygen atoms in total. The van der Waals surface area contributed by atoms with E-state index < -0.39 is 5.54 Å². The Morgan fingerprint density at radius 2 is 2.00 bits per heavy atom. The molecule has 1 aliphatic rings. The third-order valence-corrected chi connectivity index (χ3v) is 3.05. The van der Waals surface area contributed by atoms with Crippen molar-refractivity contribution in [1.29, 1.82) is 0 Å². The summed E-state index contributed by atoms with van der Waals surface area (Å²) < 4.78 is 0. The highest BCUT2D eigenvalue weighted by molar-refractivity contribution is 5.86. The van der Waals surface area contributed by atoms with Crippen molar-refractivity contribution < 1.29 is 4.79 Å². The summed E-state index contributed by atoms with van der Waals surface area (Å²) in [5, 5.41) is 0. The number of hydrogen-bond acceptors (Lipinski definition) is 2. The first-order valence-corrected chi connectivity index (χ1v) is 5.72. The zero-order chi connectivity index (χ0) is 11.5. The highest BCUT2D eigenvalue weighted by Gasteiger charge is 2.39. The van der Waals surface area contributed by atoms with Crippen LogP contribution in [0.1, 0.15) is 39.5 Å². The molecule has 0 aliphatic heterocycles. The van der Waals surface area contributed by atoms with Crippen LogP contribution in [0.5, 0.6) is 0 Å². The van der Waals surface area contributed by atoms with Gasteiger partial charge in [-0.2, -0.15) is 0 Å². The van der Waals surface area contributed by atoms with Crippen LogP contribution in [0.2, 0.25) is 0 Å². The Morgan fingerprint density at radius 1 is 1.47 bits per heavy atom. The molecule has 1 rings (SSSR count). The molecule has 0 aromatic rings. The zero-order valence-electron chi connectivity index (χ0n) is 9.88. The first-order chi connectivity index (χ1) is 6.99. The average Bonchev–Trinajstić information content (AvgIpc) is 2.61. The number of rotatable bonds is 4. The minimum Gasteiger partial charge on any atom is -0.337 e. The van der Waals surface area contributed by atoms with Gasteiger partial charge in [0.2, 0.25) is 5.91 Å². The summed E-state index contributed by atoms with van der Waals surface area (Å²) in [5.41, 5.74) is 6.55. The first kappa shape index (κ1) is 12.2. The van der Waals surface area contributed by atoms with E-state index in [9.17, 15) is 4.79 Å². The Hall–Kier alpha value is -0.830. The minimum absolute atomic E-state index is 0.102. The summed E-state index contributed by atoms with van der Waals surface area (Å²) >= 11 is 0. The van der Waals surface area contributed by atoms with E-state index in [1.165, 1.54) is 0 Å². The Balaban J connectivity index is 2.67. The Kier molecular flexibility index (Phi) is 3.91. The molecule has 1 aliphatic carbocycles. The van der Waals surface area contributed by atoms with Gasteiger partial charge in [0.05, 0.1) is 5.54 Å². The highest BCUT2D eigenvalue weighted by atomic mass is 16.2. The SMILES string of the molecule is C=C(C)CN(CC)C(=O)C1(N)CCCC1. The lowest BCUT2D eigenvalue weighted by Crippen LogP contribution is -2.53. The summed E-state index contributed by atoms with van der Waals surface area (Å²) in [6.07, 6.45) is 3.82. The molecular weight excluding hydrogens is 188 g/mol. The molecule has 0 unspecified atom stereocenters. The van der Waals surface area contributed by atoms with Crippen LogP contribution >= 0.6 is 0 Å². The van der Waals surface area contributed by atoms with Crippen LogP contribution in [0.25, 0.3) is 0 Å². The van der Waals surface area contributed by atoms with Gasteiger partial charge in [0.15, 0.2) is 0 Å². The number of carbonyl (C=O) groups excluding carboxylic acids is 1. The first-order valence-electron chi connectivity index (χ1n) is 5.72. The third-order valence-electron chi connectivity index (χ3n) is 3.05. The van der Waals surface area contributed by atoms with Crippen molar-refractivity contribution in [2.45, 2.75) is 45.1 Å². The van der Waals surface area contributed by atoms with Crippen LogP contribution in [0.4, 0.5) is 0 Å². The van der Waals surface area contributed by atoms with E-state index in [-0.39, 0.29) is 5.91 Å². The fraction of sp³-hybridized carbons (Fsp3) is 0.750. The normalized spacial score (nSPS) is 18.9. The van der Waals surface area contributed by atoms with E-state index in [2.05, 4.69) is 6.58 Å². The predicted octanol–water partition coefficient (Wildman–Crippen LogP) is 1.68. The molecule has 1 amide bonds. The minimum atomic E-state index is -0.592. The quantitative estimate of drug-likeness (QED) is 0.718. The Bertz CT molecular complexity index is 254. The number of nitrogens with zero attached hydrogens (tertiary/aromatic N) is 1. The van der Waals surface area contributed by atoms with E-state index in [0.717, 1.165) is 31.3 Å². The van der Waals surface area contributed by atoms with Crippen LogP contribution in [-0.2, 0) is 4.79 Å². The van der Waals surface area contributed by atoms with E-state index in [4.69, 9.17) is 5.73 Å². The second kappa shape index (κ2) is 4.79. The molecule has 0 aromatic carbocycles. The summed E-state index contributed by atoms with van der Waals surface area (Å²) in [4.78, 5) is 14.0. The van der Waals surface area contributed by atoms with Gasteiger partial charge in [-0.1, -0.05) is 25.0 Å². The average molecular weight is 210 g/mol. The molecule has 0 radical (unpaired) electrons. The molecular formula is C12H22N2O. The van der Waals surface area contributed by atoms with E-state index in [0.29, 0.717) is 13.1 Å². The van der Waals surface area contributed by atoms with Crippen LogP contribution in [0, 0.1) is 0 Å². The lowest BCUT2D eigenvalue weighted by molar-refractivity contribution is -0.136. The maximum atomic E-state index is 12.2. The summed E-state index contributed by atoms with van der Waals surface area (Å²) in [7, 11) is 0. The van der Waals surface area contributed by atoms with Gasteiger partial charge in [0.25, 0.3) is 0 Å². The van der Waals surface area contributed by atoms with E-state index >= 15 is 0 Å². The van der Waals surface area contributed by atoms with Crippen molar-refractivity contribution in [2.75, 3.05) is 13.1 Å². The predicted molar refractivity (Wildman–Crippen MR) is 62.5 cm³/mol. The van der Waals surface area contributed by atoms with Crippen molar-refractivity contribution in [1.82, 2.24) is 4.90 Å². The van der Waals surface area contributed by atoms with Gasteiger partial charge in [-0.3, -0.25) is 4.79 Å². The molecule has 0 bridgehead atoms. The standard InChI is InChI=1S/C12H22N2O/c1-4-14(9-10(2)3)11(15)12(13)7-5-6-8-12/h2,4-9,13H2,1,3H3. The van der Waals surface area contributed by atoms with Crippen LogP contribution in [0.3, 0.4) is 0 Å². The van der Waals surface area contributed by atoms with Crippen molar-refractivity contribution in [3.05, 3.63) is 12.2 Å². The Morgan fingerprint density at radius 3 is 2.40 bits per heavy atom. The second-order valence-corrected chi connectivity index (χ2v) is 4.64. The van der Waals surface area contributed by atoms with Crippen LogP contribution < -0.4 is 5.73 Å². The van der Waals surface area contributed by atoms with Crippen molar-refractivity contribution in [2.24, 2.45) is 5.73 Å². The summed E-state index contributed by atoms with van der Waals surface area (Å²) in [5.74, 6) is 0.102. The van der Waals surface area contributed by atoms with Gasteiger partial charge in [0, 0.05) is 13.1 Å². The molecule has 86 valence electrons. The molecule has 2 N–H and O–H groups in total. The molecule has 3 heteroatoms. The number of amides is 1. The van der Waals surface area contributed by atoms with Gasteiger partial charge >= 0.3 is 0 Å². The summed E-state index contributed by atoms with van der Waals surface area (Å²) in [6.45, 7) is 9.11. The fourth-order valence-electron chi connectivity index (χ4n) is 2.19. The number of carbonyl (C=O) groups is 1. The highest BCUT2D eigenvalue weighted by Crippen LogP contribution is 2.29. The molecule has 15 heavy (non-hydrogen) atoms. The number of hydrogen-bond donors (Lipinski definition) is 1. The topological polar surface area (TPSA) is 46.3 Å². The molecule has 1 saturated carbocycles. The molecule has 0 atom stereocenters. The lowest BCUT2D eigenvalue weighted by Gasteiger charge is -2.30. The van der Waals surface area contributed by atoms with Gasteiger partial charge in [-0.15, -0.1) is 0 Å². The largest absolute Gasteiger partial charge is 0.337 e. The fourth-order valence-corrected chi connectivity index (χ4v) is 2.19. The van der Waals surface area contributed by atoms with Crippen molar-refractivity contribution >= 4 is 5.91 Å². The monoisotopic (exact) mass is 210 g/mol. The lowest BCUT2D eigenvalue weighted by atomic mass is 9.97. The second-order valence-electron chi connectivity index (χ2n) is 4.64. The zero-order valence-corrected chi connectivity index (χ0v) is 9.88. The van der Waals surface area contributed by atoms with Crippen LogP contribution in [-0.4, -0.2) is 29.4 Å². The number of nitrogens with two attached hydrogens (primary N) is 1. The van der Waals surface area contributed by atoms with E-state index in [1.807, 2.05) is 18.7 Å². The van der Waals surface area contributed by atoms with Crippen molar-refractivity contribution in [3.8, 4) is 0 Å². The van der Waals surface area contributed by atoms with E-state index in [1.54, 1.807) is 0 Å². The summed E-state index contributed by atoms with van der Waals surface area (Å²) in [6, 6.07) is 0. The maximum absolute atomic E-state index is 12.2. The van der Waals surface area contributed by atoms with Crippen LogP contribution in [0.15, 0.2) is 12.2 Å². The maximum Gasteiger partial charge on any atom is 0.242 e. The third kappa shape index (κ3) is 2.81. The molecule has 0 heterocycles. The molecule has 1 fully saturated rings. The van der Waals surface area contributed by atoms with Gasteiger partial charge in [-0.25, -0.2) is 0 Å². The smallest absolute Gasteiger partial charge is 0.242 e. The van der Waals surface area contributed by atoms with Gasteiger partial charge < -0.3 is 10.6 Å². The van der Waals surface area contributed by atoms with Crippen molar-refractivity contribution in [3.63, 3.8) is 0 Å². The van der Waals surface area contributed by atoms with Gasteiger partial charge in [0.1, 0.15) is 0 Å². The Labute approximate surface area is 92.3 Å². The molecule has 0 saturated heterocycles.